The van der Waals surface area contributed by atoms with Gasteiger partial charge in [0.15, 0.2) is 0 Å². The second-order valence-corrected chi connectivity index (χ2v) is 8.86. The van der Waals surface area contributed by atoms with E-state index in [4.69, 9.17) is 0 Å². The lowest BCUT2D eigenvalue weighted by molar-refractivity contribution is 0.916. The molecule has 0 radical (unpaired) electrons. The Balaban J connectivity index is 2.97. The third-order valence-corrected chi connectivity index (χ3v) is 3.67. The van der Waals surface area contributed by atoms with Crippen molar-refractivity contribution in [3.8, 4) is 12.0 Å². The first-order valence-electron chi connectivity index (χ1n) is 4.02. The Morgan fingerprint density at radius 3 is 2.50 bits per heavy atom. The van der Waals surface area contributed by atoms with Crippen molar-refractivity contribution < 1.29 is 0 Å². The van der Waals surface area contributed by atoms with E-state index in [9.17, 15) is 0 Å². The van der Waals surface area contributed by atoms with Gasteiger partial charge in [-0.05, 0) is 12.1 Å². The molecular formula is C9H14N2Si. The fourth-order valence-electron chi connectivity index (χ4n) is 0.886. The molecule has 0 saturated carbocycles. The Morgan fingerprint density at radius 1 is 1.42 bits per heavy atom. The summed E-state index contributed by atoms with van der Waals surface area (Å²) in [6.07, 6.45) is 3.96. The van der Waals surface area contributed by atoms with Gasteiger partial charge < -0.3 is 0 Å². The average molecular weight is 178 g/mol. The number of aromatic nitrogens is 2. The number of nitrogens with zero attached hydrogens (tertiary/aromatic N) is 2. The molecule has 64 valence electrons. The van der Waals surface area contributed by atoms with Crippen molar-refractivity contribution in [1.29, 1.82) is 0 Å². The van der Waals surface area contributed by atoms with Gasteiger partial charge in [0.05, 0.1) is 8.07 Å². The fraction of sp³-hybridized carbons (Fsp3) is 0.444. The highest BCUT2D eigenvalue weighted by Gasteiger charge is 2.17. The van der Waals surface area contributed by atoms with E-state index in [1.807, 2.05) is 19.3 Å². The highest BCUT2D eigenvalue weighted by atomic mass is 28.3. The van der Waals surface area contributed by atoms with Crippen LogP contribution in [0.15, 0.2) is 12.4 Å². The zero-order valence-corrected chi connectivity index (χ0v) is 9.05. The SMILES string of the molecule is CC#Cn1cc([Si](C)(C)C)cn1. The van der Waals surface area contributed by atoms with Gasteiger partial charge in [0.2, 0.25) is 0 Å². The molecule has 0 bridgehead atoms. The van der Waals surface area contributed by atoms with Gasteiger partial charge in [-0.25, -0.2) is 0 Å². The van der Waals surface area contributed by atoms with Crippen LogP contribution in [0, 0.1) is 12.0 Å². The number of hydrogen-bond acceptors (Lipinski definition) is 1. The maximum atomic E-state index is 4.15. The minimum absolute atomic E-state index is 1.19. The molecule has 0 fully saturated rings. The summed E-state index contributed by atoms with van der Waals surface area (Å²) < 4.78 is 1.69. The molecule has 0 aliphatic carbocycles. The van der Waals surface area contributed by atoms with E-state index in [0.29, 0.717) is 0 Å². The third-order valence-electron chi connectivity index (χ3n) is 1.67. The largest absolute Gasteiger partial charge is 0.197 e. The van der Waals surface area contributed by atoms with Gasteiger partial charge in [0.1, 0.15) is 0 Å². The van der Waals surface area contributed by atoms with Gasteiger partial charge in [-0.1, -0.05) is 25.6 Å². The quantitative estimate of drug-likeness (QED) is 0.467. The molecule has 0 aliphatic rings. The van der Waals surface area contributed by atoms with Crippen LogP contribution in [0.25, 0.3) is 0 Å². The zero-order valence-electron chi connectivity index (χ0n) is 8.05. The van der Waals surface area contributed by atoms with Crippen LogP contribution in [0.3, 0.4) is 0 Å². The smallest absolute Gasteiger partial charge is 0.0817 e. The van der Waals surface area contributed by atoms with Crippen LogP contribution in [0.5, 0.6) is 0 Å². The van der Waals surface area contributed by atoms with Gasteiger partial charge in [0.25, 0.3) is 0 Å². The molecule has 0 aliphatic heterocycles. The standard InChI is InChI=1S/C9H14N2Si/c1-5-6-11-8-9(7-10-11)12(2,3)4/h7-8H,1-4H3. The maximum absolute atomic E-state index is 4.15. The number of rotatable bonds is 1. The summed E-state index contributed by atoms with van der Waals surface area (Å²) in [5.74, 6) is 2.81. The van der Waals surface area contributed by atoms with Gasteiger partial charge in [-0.3, -0.25) is 0 Å². The second kappa shape index (κ2) is 3.16. The first-order valence-corrected chi connectivity index (χ1v) is 7.52. The summed E-state index contributed by atoms with van der Waals surface area (Å²) in [6, 6.07) is 2.88. The number of hydrogen-bond donors (Lipinski definition) is 0. The molecule has 1 rings (SSSR count). The molecule has 0 atom stereocenters. The van der Waals surface area contributed by atoms with Crippen LogP contribution in [-0.4, -0.2) is 17.9 Å². The van der Waals surface area contributed by atoms with E-state index >= 15 is 0 Å². The Bertz CT molecular complexity index is 322. The Labute approximate surface area is 74.6 Å². The van der Waals surface area contributed by atoms with Crippen LogP contribution in [0.2, 0.25) is 19.6 Å². The summed E-state index contributed by atoms with van der Waals surface area (Å²) >= 11 is 0. The van der Waals surface area contributed by atoms with Crippen LogP contribution in [0.1, 0.15) is 6.92 Å². The van der Waals surface area contributed by atoms with Crippen LogP contribution >= 0.6 is 0 Å². The molecule has 12 heavy (non-hydrogen) atoms. The predicted molar refractivity (Wildman–Crippen MR) is 54.1 cm³/mol. The maximum Gasteiger partial charge on any atom is 0.0817 e. The molecule has 1 heterocycles. The Morgan fingerprint density at radius 2 is 2.08 bits per heavy atom. The van der Waals surface area contributed by atoms with Crippen molar-refractivity contribution in [3.63, 3.8) is 0 Å². The summed E-state index contributed by atoms with van der Waals surface area (Å²) in [5, 5.41) is 5.50. The average Bonchev–Trinajstić information content (AvgIpc) is 2.35. The summed E-state index contributed by atoms with van der Waals surface area (Å²) in [5.41, 5.74) is 0. The molecule has 0 aromatic carbocycles. The van der Waals surface area contributed by atoms with Crippen molar-refractivity contribution in [1.82, 2.24) is 9.78 Å². The normalized spacial score (nSPS) is 10.7. The molecule has 1 aromatic heterocycles. The fourth-order valence-corrected chi connectivity index (χ4v) is 1.84. The van der Waals surface area contributed by atoms with Crippen molar-refractivity contribution in [3.05, 3.63) is 12.4 Å². The summed E-state index contributed by atoms with van der Waals surface area (Å²) in [4.78, 5) is 0. The highest BCUT2D eigenvalue weighted by Crippen LogP contribution is 1.99. The molecular weight excluding hydrogens is 164 g/mol. The van der Waals surface area contributed by atoms with Crippen LogP contribution in [0.4, 0.5) is 0 Å². The minimum Gasteiger partial charge on any atom is -0.197 e. The molecule has 0 unspecified atom stereocenters. The summed E-state index contributed by atoms with van der Waals surface area (Å²) in [6.45, 7) is 8.71. The Hall–Kier alpha value is -1.01. The van der Waals surface area contributed by atoms with Gasteiger partial charge in [-0.15, -0.1) is 0 Å². The van der Waals surface area contributed by atoms with Gasteiger partial charge in [0, 0.05) is 18.4 Å². The van der Waals surface area contributed by atoms with Gasteiger partial charge in [-0.2, -0.15) is 9.78 Å². The van der Waals surface area contributed by atoms with E-state index < -0.39 is 8.07 Å². The van der Waals surface area contributed by atoms with Crippen molar-refractivity contribution in [2.75, 3.05) is 0 Å². The zero-order chi connectivity index (χ0) is 9.19. The van der Waals surface area contributed by atoms with Crippen molar-refractivity contribution in [2.24, 2.45) is 0 Å². The van der Waals surface area contributed by atoms with E-state index in [1.54, 1.807) is 4.68 Å². The molecule has 3 heteroatoms. The van der Waals surface area contributed by atoms with E-state index in [2.05, 4.69) is 36.7 Å². The first kappa shape index (κ1) is 9.08. The van der Waals surface area contributed by atoms with E-state index in [0.717, 1.165) is 0 Å². The lowest BCUT2D eigenvalue weighted by Crippen LogP contribution is -2.36. The van der Waals surface area contributed by atoms with Crippen LogP contribution in [-0.2, 0) is 0 Å². The van der Waals surface area contributed by atoms with Crippen molar-refractivity contribution in [2.45, 2.75) is 26.6 Å². The molecule has 0 amide bonds. The molecule has 0 spiro atoms. The first-order chi connectivity index (χ1) is 5.54. The minimum atomic E-state index is -1.19. The summed E-state index contributed by atoms with van der Waals surface area (Å²) in [7, 11) is -1.19. The van der Waals surface area contributed by atoms with Crippen molar-refractivity contribution >= 4 is 13.3 Å². The highest BCUT2D eigenvalue weighted by molar-refractivity contribution is 6.88. The van der Waals surface area contributed by atoms with E-state index in [-0.39, 0.29) is 0 Å². The second-order valence-electron chi connectivity index (χ2n) is 3.79. The lowest BCUT2D eigenvalue weighted by Gasteiger charge is -2.11. The predicted octanol–water partition coefficient (Wildman–Crippen LogP) is 1.26. The van der Waals surface area contributed by atoms with E-state index in [1.165, 1.54) is 5.19 Å². The van der Waals surface area contributed by atoms with Gasteiger partial charge >= 0.3 is 0 Å². The monoisotopic (exact) mass is 178 g/mol. The topological polar surface area (TPSA) is 17.8 Å². The molecule has 1 aromatic rings. The Kier molecular flexibility index (Phi) is 2.39. The molecule has 2 nitrogen and oxygen atoms in total. The molecule has 0 N–H and O–H groups in total. The lowest BCUT2D eigenvalue weighted by atomic mass is 10.7. The molecule has 0 saturated heterocycles. The van der Waals surface area contributed by atoms with Crippen LogP contribution < -0.4 is 5.19 Å². The third kappa shape index (κ3) is 1.99.